The van der Waals surface area contributed by atoms with Crippen LogP contribution in [-0.4, -0.2) is 11.2 Å². The second-order valence-corrected chi connectivity index (χ2v) is 6.82. The third-order valence-electron chi connectivity index (χ3n) is 5.97. The molecule has 0 amide bonds. The zero-order valence-corrected chi connectivity index (χ0v) is 11.1. The average Bonchev–Trinajstić information content (AvgIpc) is 2.41. The zero-order valence-electron chi connectivity index (χ0n) is 11.1. The molecule has 0 saturated heterocycles. The van der Waals surface area contributed by atoms with Crippen LogP contribution in [-0.2, 0) is 0 Å². The molecule has 17 heavy (non-hydrogen) atoms. The van der Waals surface area contributed by atoms with E-state index in [9.17, 15) is 5.11 Å². The van der Waals surface area contributed by atoms with Gasteiger partial charge in [0, 0.05) is 0 Å². The summed E-state index contributed by atoms with van der Waals surface area (Å²) < 4.78 is 0. The number of rotatable bonds is 1. The van der Waals surface area contributed by atoms with E-state index in [0.29, 0.717) is 5.92 Å². The first-order valence-corrected chi connectivity index (χ1v) is 8.04. The minimum Gasteiger partial charge on any atom is -0.393 e. The molecule has 0 bridgehead atoms. The Morgan fingerprint density at radius 3 is 1.94 bits per heavy atom. The van der Waals surface area contributed by atoms with Gasteiger partial charge in [-0.2, -0.15) is 0 Å². The molecule has 98 valence electrons. The lowest BCUT2D eigenvalue weighted by atomic mass is 9.59. The predicted octanol–water partition coefficient (Wildman–Crippen LogP) is 4.14. The maximum atomic E-state index is 10.2. The van der Waals surface area contributed by atoms with Gasteiger partial charge in [-0.3, -0.25) is 0 Å². The highest BCUT2D eigenvalue weighted by Crippen LogP contribution is 2.49. The highest BCUT2D eigenvalue weighted by Gasteiger charge is 2.42. The van der Waals surface area contributed by atoms with Gasteiger partial charge in [0.2, 0.25) is 0 Å². The molecule has 0 spiro atoms. The van der Waals surface area contributed by atoms with Crippen LogP contribution in [0.25, 0.3) is 0 Å². The summed E-state index contributed by atoms with van der Waals surface area (Å²) in [7, 11) is 0. The van der Waals surface area contributed by atoms with Crippen molar-refractivity contribution >= 4 is 0 Å². The zero-order chi connectivity index (χ0) is 11.7. The van der Waals surface area contributed by atoms with E-state index >= 15 is 0 Å². The van der Waals surface area contributed by atoms with Gasteiger partial charge in [-0.15, -0.1) is 0 Å². The van der Waals surface area contributed by atoms with Crippen LogP contribution in [0, 0.1) is 23.7 Å². The summed E-state index contributed by atoms with van der Waals surface area (Å²) in [5, 5.41) is 10.2. The topological polar surface area (TPSA) is 20.2 Å². The summed E-state index contributed by atoms with van der Waals surface area (Å²) in [6.45, 7) is 0. The van der Waals surface area contributed by atoms with Crippen LogP contribution in [0.4, 0.5) is 0 Å². The highest BCUT2D eigenvalue weighted by molar-refractivity contribution is 4.92. The maximum absolute atomic E-state index is 10.2. The summed E-state index contributed by atoms with van der Waals surface area (Å²) in [6, 6.07) is 0. The number of aliphatic hydroxyl groups excluding tert-OH is 1. The summed E-state index contributed by atoms with van der Waals surface area (Å²) in [5.41, 5.74) is 0. The van der Waals surface area contributed by atoms with Gasteiger partial charge < -0.3 is 5.11 Å². The van der Waals surface area contributed by atoms with E-state index in [1.807, 2.05) is 0 Å². The number of aliphatic hydroxyl groups is 1. The molecule has 0 aromatic rings. The molecule has 1 heteroatoms. The fraction of sp³-hybridized carbons (Fsp3) is 1.00. The molecule has 0 aromatic heterocycles. The monoisotopic (exact) mass is 236 g/mol. The van der Waals surface area contributed by atoms with Crippen LogP contribution in [0.1, 0.15) is 70.6 Å². The van der Waals surface area contributed by atoms with Gasteiger partial charge in [0.25, 0.3) is 0 Å². The van der Waals surface area contributed by atoms with Crippen LogP contribution in [0.15, 0.2) is 0 Å². The van der Waals surface area contributed by atoms with Gasteiger partial charge in [0.15, 0.2) is 0 Å². The van der Waals surface area contributed by atoms with E-state index in [4.69, 9.17) is 0 Å². The van der Waals surface area contributed by atoms with Crippen LogP contribution in [0.3, 0.4) is 0 Å². The largest absolute Gasteiger partial charge is 0.393 e. The summed E-state index contributed by atoms with van der Waals surface area (Å²) in [4.78, 5) is 0. The molecule has 0 heterocycles. The Kier molecular flexibility index (Phi) is 3.75. The highest BCUT2D eigenvalue weighted by atomic mass is 16.3. The number of fused-ring (bicyclic) bond motifs is 1. The Morgan fingerprint density at radius 2 is 1.18 bits per heavy atom. The van der Waals surface area contributed by atoms with Crippen LogP contribution in [0.2, 0.25) is 0 Å². The van der Waals surface area contributed by atoms with Crippen molar-refractivity contribution in [2.24, 2.45) is 23.7 Å². The lowest BCUT2D eigenvalue weighted by Gasteiger charge is -2.47. The second-order valence-electron chi connectivity index (χ2n) is 6.82. The predicted molar refractivity (Wildman–Crippen MR) is 70.8 cm³/mol. The van der Waals surface area contributed by atoms with Crippen molar-refractivity contribution in [2.75, 3.05) is 0 Å². The lowest BCUT2D eigenvalue weighted by Crippen LogP contribution is -2.42. The molecule has 4 atom stereocenters. The molecule has 3 rings (SSSR count). The van der Waals surface area contributed by atoms with E-state index in [-0.39, 0.29) is 6.10 Å². The minimum atomic E-state index is 0.0418. The van der Waals surface area contributed by atoms with Crippen molar-refractivity contribution in [3.05, 3.63) is 0 Å². The van der Waals surface area contributed by atoms with Gasteiger partial charge in [0.1, 0.15) is 0 Å². The molecule has 0 radical (unpaired) electrons. The average molecular weight is 236 g/mol. The van der Waals surface area contributed by atoms with Crippen LogP contribution < -0.4 is 0 Å². The molecule has 3 aliphatic rings. The van der Waals surface area contributed by atoms with Gasteiger partial charge in [-0.1, -0.05) is 44.9 Å². The molecule has 0 aliphatic heterocycles. The standard InChI is InChI=1S/C16H28O/c17-16-11-10-13(12-6-2-1-3-7-12)14-8-4-5-9-15(14)16/h12-17H,1-11H2/t13?,14?,15?,16-/m0/s1. The normalized spacial score (nSPS) is 44.3. The quantitative estimate of drug-likeness (QED) is 0.725. The van der Waals surface area contributed by atoms with E-state index < -0.39 is 0 Å². The first kappa shape index (κ1) is 12.0. The number of hydrogen-bond acceptors (Lipinski definition) is 1. The molecule has 1 nitrogen and oxygen atoms in total. The van der Waals surface area contributed by atoms with E-state index in [0.717, 1.165) is 24.2 Å². The molecule has 3 fully saturated rings. The first-order chi connectivity index (χ1) is 8.36. The van der Waals surface area contributed by atoms with Crippen LogP contribution >= 0.6 is 0 Å². The van der Waals surface area contributed by atoms with Gasteiger partial charge in [-0.05, 0) is 49.4 Å². The van der Waals surface area contributed by atoms with E-state index in [1.54, 1.807) is 0 Å². The minimum absolute atomic E-state index is 0.0418. The van der Waals surface area contributed by atoms with Crippen molar-refractivity contribution in [1.82, 2.24) is 0 Å². The van der Waals surface area contributed by atoms with Gasteiger partial charge >= 0.3 is 0 Å². The van der Waals surface area contributed by atoms with E-state index in [1.165, 1.54) is 64.2 Å². The van der Waals surface area contributed by atoms with Crippen molar-refractivity contribution in [2.45, 2.75) is 76.7 Å². The lowest BCUT2D eigenvalue weighted by molar-refractivity contribution is -0.0417. The molecule has 0 aromatic carbocycles. The fourth-order valence-electron chi connectivity index (χ4n) is 5.14. The first-order valence-electron chi connectivity index (χ1n) is 8.04. The third kappa shape index (κ3) is 2.41. The van der Waals surface area contributed by atoms with Crippen molar-refractivity contribution in [1.29, 1.82) is 0 Å². The molecular weight excluding hydrogens is 208 g/mol. The Morgan fingerprint density at radius 1 is 0.529 bits per heavy atom. The van der Waals surface area contributed by atoms with Crippen molar-refractivity contribution < 1.29 is 5.11 Å². The summed E-state index contributed by atoms with van der Waals surface area (Å²) in [5.74, 6) is 3.55. The molecule has 3 unspecified atom stereocenters. The van der Waals surface area contributed by atoms with E-state index in [2.05, 4.69) is 0 Å². The SMILES string of the molecule is O[C@H]1CCC(C2CCCCC2)C2CCCCC21. The molecule has 3 saturated carbocycles. The number of hydrogen-bond donors (Lipinski definition) is 1. The van der Waals surface area contributed by atoms with Crippen molar-refractivity contribution in [3.8, 4) is 0 Å². The Hall–Kier alpha value is -0.0400. The fourth-order valence-corrected chi connectivity index (χ4v) is 5.14. The summed E-state index contributed by atoms with van der Waals surface area (Å²) >= 11 is 0. The third-order valence-corrected chi connectivity index (χ3v) is 5.97. The van der Waals surface area contributed by atoms with Gasteiger partial charge in [-0.25, -0.2) is 0 Å². The Balaban J connectivity index is 1.70. The van der Waals surface area contributed by atoms with Crippen molar-refractivity contribution in [3.63, 3.8) is 0 Å². The smallest absolute Gasteiger partial charge is 0.0571 e. The molecular formula is C16H28O. The maximum Gasteiger partial charge on any atom is 0.0571 e. The van der Waals surface area contributed by atoms with Crippen LogP contribution in [0.5, 0.6) is 0 Å². The Labute approximate surface area is 106 Å². The summed E-state index contributed by atoms with van der Waals surface area (Å²) in [6.07, 6.45) is 15.4. The van der Waals surface area contributed by atoms with Gasteiger partial charge in [0.05, 0.1) is 6.10 Å². The molecule has 3 aliphatic carbocycles. The Bertz CT molecular complexity index is 244. The second kappa shape index (κ2) is 5.30. The molecule has 1 N–H and O–H groups in total.